The van der Waals surface area contributed by atoms with Gasteiger partial charge in [-0.3, -0.25) is 13.8 Å². The molecule has 0 bridgehead atoms. The zero-order valence-electron chi connectivity index (χ0n) is 15.9. The summed E-state index contributed by atoms with van der Waals surface area (Å²) in [5.41, 5.74) is 1.84. The van der Waals surface area contributed by atoms with Gasteiger partial charge in [-0.15, -0.1) is 0 Å². The minimum Gasteiger partial charge on any atom is -0.383 e. The van der Waals surface area contributed by atoms with Crippen molar-refractivity contribution in [3.8, 4) is 0 Å². The highest BCUT2D eigenvalue weighted by Gasteiger charge is 2.28. The van der Waals surface area contributed by atoms with E-state index in [1.807, 2.05) is 14.1 Å². The standard InChI is InChI=1S/C18H24N4O3S/c1-13-18(14(2)21(5)19-13)26(24,25)22(6)16-9-7-8-15(12-16)17(23)10-11-20(3)4/h7-12H,1-6H3/b11-10+. The SMILES string of the molecule is Cc1nn(C)c(C)c1S(=O)(=O)N(C)c1cccc(C(=O)/C=C/N(C)C)c1. The minimum atomic E-state index is -3.79. The summed E-state index contributed by atoms with van der Waals surface area (Å²) in [4.78, 5) is 14.2. The number of carbonyl (C=O) groups is 1. The first-order chi connectivity index (χ1) is 12.1. The van der Waals surface area contributed by atoms with Crippen molar-refractivity contribution in [2.24, 2.45) is 7.05 Å². The Hall–Kier alpha value is -2.61. The number of rotatable bonds is 6. The molecule has 0 aliphatic carbocycles. The molecule has 0 saturated carbocycles. The van der Waals surface area contributed by atoms with E-state index in [9.17, 15) is 13.2 Å². The quantitative estimate of drug-likeness (QED) is 0.570. The molecule has 0 N–H and O–H groups in total. The van der Waals surface area contributed by atoms with Gasteiger partial charge in [-0.2, -0.15) is 5.10 Å². The molecule has 0 saturated heterocycles. The first kappa shape index (κ1) is 19.7. The highest BCUT2D eigenvalue weighted by molar-refractivity contribution is 7.92. The van der Waals surface area contributed by atoms with Crippen LogP contribution in [0.4, 0.5) is 5.69 Å². The molecular formula is C18H24N4O3S. The molecule has 1 aromatic heterocycles. The fourth-order valence-corrected chi connectivity index (χ4v) is 4.16. The van der Waals surface area contributed by atoms with Crippen molar-refractivity contribution in [1.82, 2.24) is 14.7 Å². The smallest absolute Gasteiger partial charge is 0.267 e. The van der Waals surface area contributed by atoms with Gasteiger partial charge in [-0.05, 0) is 26.0 Å². The molecule has 0 aliphatic rings. The lowest BCUT2D eigenvalue weighted by Crippen LogP contribution is -2.27. The van der Waals surface area contributed by atoms with E-state index >= 15 is 0 Å². The third-order valence-electron chi connectivity index (χ3n) is 4.08. The zero-order valence-corrected chi connectivity index (χ0v) is 16.7. The van der Waals surface area contributed by atoms with Gasteiger partial charge in [0.15, 0.2) is 5.78 Å². The first-order valence-electron chi connectivity index (χ1n) is 8.04. The first-order valence-corrected chi connectivity index (χ1v) is 9.48. The Bertz CT molecular complexity index is 959. The Morgan fingerprint density at radius 3 is 2.38 bits per heavy atom. The van der Waals surface area contributed by atoms with Crippen molar-refractivity contribution < 1.29 is 13.2 Å². The molecule has 0 radical (unpaired) electrons. The van der Waals surface area contributed by atoms with E-state index < -0.39 is 10.0 Å². The number of aryl methyl sites for hydroxylation is 2. The lowest BCUT2D eigenvalue weighted by atomic mass is 10.1. The summed E-state index contributed by atoms with van der Waals surface area (Å²) in [6.07, 6.45) is 3.10. The third-order valence-corrected chi connectivity index (χ3v) is 6.12. The average Bonchev–Trinajstić information content (AvgIpc) is 2.84. The van der Waals surface area contributed by atoms with Crippen LogP contribution < -0.4 is 4.31 Å². The van der Waals surface area contributed by atoms with Gasteiger partial charge in [0, 0.05) is 46.0 Å². The van der Waals surface area contributed by atoms with Crippen LogP contribution in [0.3, 0.4) is 0 Å². The van der Waals surface area contributed by atoms with Crippen LogP contribution in [-0.2, 0) is 17.1 Å². The Morgan fingerprint density at radius 1 is 1.19 bits per heavy atom. The van der Waals surface area contributed by atoms with Gasteiger partial charge in [0.25, 0.3) is 10.0 Å². The lowest BCUT2D eigenvalue weighted by Gasteiger charge is -2.20. The summed E-state index contributed by atoms with van der Waals surface area (Å²) < 4.78 is 28.8. The van der Waals surface area contributed by atoms with E-state index in [1.54, 1.807) is 60.9 Å². The number of sulfonamides is 1. The lowest BCUT2D eigenvalue weighted by molar-refractivity contribution is 0.104. The van der Waals surface area contributed by atoms with E-state index in [4.69, 9.17) is 0 Å². The zero-order chi connectivity index (χ0) is 19.6. The maximum absolute atomic E-state index is 13.1. The molecule has 0 spiro atoms. The number of benzene rings is 1. The summed E-state index contributed by atoms with van der Waals surface area (Å²) >= 11 is 0. The molecule has 0 unspecified atom stereocenters. The second-order valence-electron chi connectivity index (χ2n) is 6.29. The topological polar surface area (TPSA) is 75.5 Å². The Labute approximate surface area is 154 Å². The molecule has 140 valence electrons. The average molecular weight is 376 g/mol. The van der Waals surface area contributed by atoms with Crippen LogP contribution in [0.2, 0.25) is 0 Å². The number of nitrogens with zero attached hydrogens (tertiary/aromatic N) is 4. The van der Waals surface area contributed by atoms with Gasteiger partial charge in [-0.25, -0.2) is 8.42 Å². The number of allylic oxidation sites excluding steroid dienone is 1. The van der Waals surface area contributed by atoms with Crippen molar-refractivity contribution in [2.45, 2.75) is 18.7 Å². The van der Waals surface area contributed by atoms with Crippen molar-refractivity contribution in [3.63, 3.8) is 0 Å². The number of ketones is 1. The van der Waals surface area contributed by atoms with Crippen LogP contribution in [-0.4, -0.2) is 50.0 Å². The van der Waals surface area contributed by atoms with Gasteiger partial charge in [0.1, 0.15) is 4.90 Å². The molecular weight excluding hydrogens is 352 g/mol. The molecule has 0 amide bonds. The van der Waals surface area contributed by atoms with Gasteiger partial charge < -0.3 is 4.90 Å². The Kier molecular flexibility index (Phi) is 5.56. The Balaban J connectivity index is 2.42. The number of aromatic nitrogens is 2. The minimum absolute atomic E-state index is 0.187. The van der Waals surface area contributed by atoms with E-state index in [2.05, 4.69) is 5.10 Å². The van der Waals surface area contributed by atoms with Crippen LogP contribution in [0.5, 0.6) is 0 Å². The highest BCUT2D eigenvalue weighted by atomic mass is 32.2. The number of anilines is 1. The summed E-state index contributed by atoms with van der Waals surface area (Å²) in [7, 11) is 3.03. The molecule has 1 heterocycles. The van der Waals surface area contributed by atoms with Gasteiger partial charge in [-0.1, -0.05) is 12.1 Å². The van der Waals surface area contributed by atoms with Crippen molar-refractivity contribution in [3.05, 3.63) is 53.5 Å². The van der Waals surface area contributed by atoms with Crippen molar-refractivity contribution in [2.75, 3.05) is 25.4 Å². The molecule has 2 rings (SSSR count). The molecule has 26 heavy (non-hydrogen) atoms. The van der Waals surface area contributed by atoms with Crippen LogP contribution in [0.15, 0.2) is 41.4 Å². The van der Waals surface area contributed by atoms with Crippen molar-refractivity contribution >= 4 is 21.5 Å². The van der Waals surface area contributed by atoms with Gasteiger partial charge >= 0.3 is 0 Å². The van der Waals surface area contributed by atoms with E-state index in [0.717, 1.165) is 0 Å². The second kappa shape index (κ2) is 7.33. The molecule has 0 fully saturated rings. The fourth-order valence-electron chi connectivity index (χ4n) is 2.57. The normalized spacial score (nSPS) is 11.8. The second-order valence-corrected chi connectivity index (χ2v) is 8.20. The predicted octanol–water partition coefficient (Wildman–Crippen LogP) is 2.12. The maximum atomic E-state index is 13.1. The summed E-state index contributed by atoms with van der Waals surface area (Å²) in [6, 6.07) is 6.56. The van der Waals surface area contributed by atoms with Crippen LogP contribution in [0, 0.1) is 13.8 Å². The van der Waals surface area contributed by atoms with Gasteiger partial charge in [0.05, 0.1) is 17.1 Å². The molecule has 0 atom stereocenters. The molecule has 0 aliphatic heterocycles. The van der Waals surface area contributed by atoms with Crippen molar-refractivity contribution in [1.29, 1.82) is 0 Å². The summed E-state index contributed by atoms with van der Waals surface area (Å²) in [6.45, 7) is 3.38. The molecule has 8 heteroatoms. The largest absolute Gasteiger partial charge is 0.383 e. The van der Waals surface area contributed by atoms with Gasteiger partial charge in [0.2, 0.25) is 0 Å². The van der Waals surface area contributed by atoms with Crippen LogP contribution >= 0.6 is 0 Å². The van der Waals surface area contributed by atoms with E-state index in [0.29, 0.717) is 22.6 Å². The third kappa shape index (κ3) is 3.80. The predicted molar refractivity (Wildman–Crippen MR) is 102 cm³/mol. The molecule has 2 aromatic rings. The monoisotopic (exact) mass is 376 g/mol. The molecule has 7 nitrogen and oxygen atoms in total. The summed E-state index contributed by atoms with van der Waals surface area (Å²) in [5.74, 6) is -0.194. The number of hydrogen-bond acceptors (Lipinski definition) is 5. The maximum Gasteiger partial charge on any atom is 0.267 e. The number of hydrogen-bond donors (Lipinski definition) is 0. The van der Waals surface area contributed by atoms with Crippen LogP contribution in [0.25, 0.3) is 0 Å². The van der Waals surface area contributed by atoms with E-state index in [-0.39, 0.29) is 10.7 Å². The fraction of sp³-hybridized carbons (Fsp3) is 0.333. The molecule has 1 aromatic carbocycles. The van der Waals surface area contributed by atoms with Crippen LogP contribution in [0.1, 0.15) is 21.7 Å². The number of carbonyl (C=O) groups excluding carboxylic acids is 1. The van der Waals surface area contributed by atoms with E-state index in [1.165, 1.54) is 17.4 Å². The Morgan fingerprint density at radius 2 is 1.85 bits per heavy atom. The highest BCUT2D eigenvalue weighted by Crippen LogP contribution is 2.27. The summed E-state index contributed by atoms with van der Waals surface area (Å²) in [5, 5.41) is 4.18.